The van der Waals surface area contributed by atoms with Gasteiger partial charge in [0, 0.05) is 38.6 Å². The number of nitrogens with one attached hydrogen (secondary N) is 1. The third-order valence-electron chi connectivity index (χ3n) is 7.18. The summed E-state index contributed by atoms with van der Waals surface area (Å²) < 4.78 is 44.1. The Labute approximate surface area is 229 Å². The summed E-state index contributed by atoms with van der Waals surface area (Å²) in [6, 6.07) is 9.41. The molecule has 0 saturated carbocycles. The van der Waals surface area contributed by atoms with Gasteiger partial charge < -0.3 is 15.0 Å². The Morgan fingerprint density at radius 3 is 2.18 bits per heavy atom. The van der Waals surface area contributed by atoms with E-state index in [-0.39, 0.29) is 60.4 Å². The monoisotopic (exact) mass is 560 g/mol. The minimum absolute atomic E-state index is 0.103. The van der Waals surface area contributed by atoms with E-state index >= 15 is 0 Å². The first-order valence-electron chi connectivity index (χ1n) is 13.2. The fourth-order valence-electron chi connectivity index (χ4n) is 4.72. The number of carbonyl (C=O) groups excluding carboxylic acids is 3. The van der Waals surface area contributed by atoms with Crippen molar-refractivity contribution in [2.75, 3.05) is 19.3 Å². The van der Waals surface area contributed by atoms with E-state index in [1.165, 1.54) is 36.4 Å². The number of hydrogen-bond acceptors (Lipinski definition) is 6. The topological polar surface area (TPSA) is 110 Å². The van der Waals surface area contributed by atoms with Crippen molar-refractivity contribution in [3.63, 3.8) is 0 Å². The van der Waals surface area contributed by atoms with Crippen LogP contribution in [0.3, 0.4) is 0 Å². The molecule has 0 bridgehead atoms. The number of aryl methyl sites for hydroxylation is 1. The van der Waals surface area contributed by atoms with Crippen molar-refractivity contribution >= 4 is 27.4 Å². The molecule has 1 atom stereocenters. The van der Waals surface area contributed by atoms with Crippen LogP contribution in [-0.4, -0.2) is 61.9 Å². The maximum Gasteiger partial charge on any atom is 0.254 e. The fraction of sp³-hybridized carbons (Fsp3) is 0.483. The van der Waals surface area contributed by atoms with Gasteiger partial charge in [-0.1, -0.05) is 33.8 Å². The number of amides is 2. The highest BCUT2D eigenvalue weighted by Crippen LogP contribution is 2.32. The smallest absolute Gasteiger partial charge is 0.254 e. The van der Waals surface area contributed by atoms with Gasteiger partial charge in [0.25, 0.3) is 5.91 Å². The highest BCUT2D eigenvalue weighted by atomic mass is 32.2. The van der Waals surface area contributed by atoms with Crippen molar-refractivity contribution in [3.05, 3.63) is 59.4 Å². The molecule has 1 aliphatic heterocycles. The first kappa shape index (κ1) is 30.3. The van der Waals surface area contributed by atoms with Gasteiger partial charge in [0.15, 0.2) is 21.2 Å². The molecule has 0 aliphatic carbocycles. The lowest BCUT2D eigenvalue weighted by atomic mass is 9.85. The summed E-state index contributed by atoms with van der Waals surface area (Å²) in [7, 11) is -3.37. The number of ketones is 1. The summed E-state index contributed by atoms with van der Waals surface area (Å²) in [6.45, 7) is 7.72. The molecule has 1 N–H and O–H groups in total. The van der Waals surface area contributed by atoms with Crippen LogP contribution in [0.15, 0.2) is 47.4 Å². The van der Waals surface area contributed by atoms with E-state index in [1.807, 2.05) is 6.92 Å². The molecular formula is C29H37FN2O6S. The molecule has 0 aromatic heterocycles. The summed E-state index contributed by atoms with van der Waals surface area (Å²) in [6.07, 6.45) is 2.48. The van der Waals surface area contributed by atoms with E-state index in [0.29, 0.717) is 12.2 Å². The average molecular weight is 561 g/mol. The Bertz CT molecular complexity index is 1320. The second-order valence-electron chi connectivity index (χ2n) is 10.3. The lowest BCUT2D eigenvalue weighted by Crippen LogP contribution is -2.58. The van der Waals surface area contributed by atoms with Gasteiger partial charge in [-0.25, -0.2) is 12.8 Å². The zero-order valence-corrected chi connectivity index (χ0v) is 23.9. The maximum absolute atomic E-state index is 14.4. The summed E-state index contributed by atoms with van der Waals surface area (Å²) >= 11 is 0. The third-order valence-corrected chi connectivity index (χ3v) is 8.31. The van der Waals surface area contributed by atoms with E-state index in [9.17, 15) is 27.2 Å². The zero-order chi connectivity index (χ0) is 29.0. The first-order valence-corrected chi connectivity index (χ1v) is 15.1. The summed E-state index contributed by atoms with van der Waals surface area (Å²) in [5.74, 6) is -1.60. The summed E-state index contributed by atoms with van der Waals surface area (Å²) in [5.41, 5.74) is -0.444. The van der Waals surface area contributed by atoms with Crippen molar-refractivity contribution < 1.29 is 31.9 Å². The number of carbonyl (C=O) groups is 3. The molecule has 0 radical (unpaired) electrons. The van der Waals surface area contributed by atoms with E-state index in [2.05, 4.69) is 5.32 Å². The Balaban J connectivity index is 1.74. The number of ether oxygens (including phenoxy) is 1. The number of rotatable bonds is 10. The number of benzene rings is 2. The third kappa shape index (κ3) is 7.03. The number of likely N-dealkylation sites (tertiary alicyclic amines) is 1. The number of piperidine rings is 1. The first-order chi connectivity index (χ1) is 18.3. The predicted octanol–water partition coefficient (Wildman–Crippen LogP) is 3.97. The van der Waals surface area contributed by atoms with Crippen LogP contribution in [0.5, 0.6) is 5.75 Å². The van der Waals surface area contributed by atoms with Gasteiger partial charge in [-0.05, 0) is 54.3 Å². The largest absolute Gasteiger partial charge is 0.479 e. The van der Waals surface area contributed by atoms with Gasteiger partial charge in [0.1, 0.15) is 17.6 Å². The number of hydrogen-bond donors (Lipinski definition) is 1. The minimum Gasteiger partial charge on any atom is -0.479 e. The van der Waals surface area contributed by atoms with E-state index in [0.717, 1.165) is 11.8 Å². The van der Waals surface area contributed by atoms with E-state index in [4.69, 9.17) is 4.74 Å². The van der Waals surface area contributed by atoms with Crippen LogP contribution in [0.1, 0.15) is 62.9 Å². The van der Waals surface area contributed by atoms with Crippen molar-refractivity contribution in [1.29, 1.82) is 0 Å². The van der Waals surface area contributed by atoms with Crippen molar-refractivity contribution in [2.24, 2.45) is 5.92 Å². The van der Waals surface area contributed by atoms with Crippen molar-refractivity contribution in [1.82, 2.24) is 10.2 Å². The molecule has 2 amide bonds. The molecule has 212 valence electrons. The van der Waals surface area contributed by atoms with Gasteiger partial charge >= 0.3 is 0 Å². The summed E-state index contributed by atoms with van der Waals surface area (Å²) in [4.78, 5) is 41.2. The molecule has 1 fully saturated rings. The Morgan fingerprint density at radius 1 is 1.05 bits per heavy atom. The van der Waals surface area contributed by atoms with Crippen LogP contribution in [-0.2, 0) is 25.8 Å². The Hall–Kier alpha value is -3.27. The van der Waals surface area contributed by atoms with Crippen LogP contribution in [0.4, 0.5) is 4.39 Å². The molecule has 10 heteroatoms. The highest BCUT2D eigenvalue weighted by molar-refractivity contribution is 7.90. The van der Waals surface area contributed by atoms with E-state index < -0.39 is 33.2 Å². The van der Waals surface area contributed by atoms with Crippen LogP contribution >= 0.6 is 0 Å². The van der Waals surface area contributed by atoms with Gasteiger partial charge in [-0.3, -0.25) is 14.4 Å². The van der Waals surface area contributed by atoms with Gasteiger partial charge in [-0.2, -0.15) is 0 Å². The lowest BCUT2D eigenvalue weighted by Gasteiger charge is -2.42. The SMILES string of the molecule is CCC(=O)C1(Oc2ccc(S(C)(=O)=O)cc2)CCN(C(=O)[C@H](NC(=O)c2cc(CC)ccc2F)C(C)C)CC1. The molecule has 1 saturated heterocycles. The number of halogens is 1. The zero-order valence-electron chi connectivity index (χ0n) is 23.1. The van der Waals surface area contributed by atoms with Crippen molar-refractivity contribution in [3.8, 4) is 5.75 Å². The molecule has 1 heterocycles. The molecule has 2 aromatic carbocycles. The quantitative estimate of drug-likeness (QED) is 0.471. The summed E-state index contributed by atoms with van der Waals surface area (Å²) in [5, 5.41) is 2.72. The predicted molar refractivity (Wildman–Crippen MR) is 146 cm³/mol. The molecule has 39 heavy (non-hydrogen) atoms. The normalized spacial score (nSPS) is 16.0. The molecule has 1 aliphatic rings. The number of sulfone groups is 1. The number of Topliss-reactive ketones (excluding diaryl/α,β-unsaturated/α-hetero) is 1. The Kier molecular flexibility index (Phi) is 9.53. The second-order valence-corrected chi connectivity index (χ2v) is 12.3. The molecule has 8 nitrogen and oxygen atoms in total. The van der Waals surface area contributed by atoms with Crippen molar-refractivity contribution in [2.45, 2.75) is 69.9 Å². The molecule has 0 spiro atoms. The maximum atomic E-state index is 14.4. The lowest BCUT2D eigenvalue weighted by molar-refractivity contribution is -0.146. The second kappa shape index (κ2) is 12.3. The Morgan fingerprint density at radius 2 is 1.67 bits per heavy atom. The van der Waals surface area contributed by atoms with Crippen LogP contribution < -0.4 is 10.1 Å². The number of nitrogens with zero attached hydrogens (tertiary/aromatic N) is 1. The minimum atomic E-state index is -3.37. The average Bonchev–Trinajstić information content (AvgIpc) is 2.91. The van der Waals surface area contributed by atoms with Gasteiger partial charge in [0.05, 0.1) is 10.5 Å². The molecular weight excluding hydrogens is 523 g/mol. The fourth-order valence-corrected chi connectivity index (χ4v) is 5.35. The standard InChI is InChI=1S/C29H37FN2O6S/c1-6-20-8-13-24(30)23(18-20)27(34)31-26(19(3)4)28(35)32-16-14-29(15-17-32,25(33)7-2)38-21-9-11-22(12-10-21)39(5,36)37/h8-13,18-19,26H,6-7,14-17H2,1-5H3,(H,31,34)/t26-/m1/s1. The molecule has 2 aromatic rings. The van der Waals surface area contributed by atoms with E-state index in [1.54, 1.807) is 31.7 Å². The molecule has 0 unspecified atom stereocenters. The highest BCUT2D eigenvalue weighted by Gasteiger charge is 2.44. The van der Waals surface area contributed by atoms with Crippen LogP contribution in [0.2, 0.25) is 0 Å². The molecule has 3 rings (SSSR count). The van der Waals surface area contributed by atoms with Gasteiger partial charge in [-0.15, -0.1) is 0 Å². The van der Waals surface area contributed by atoms with Gasteiger partial charge in [0.2, 0.25) is 5.91 Å². The van der Waals surface area contributed by atoms with Crippen LogP contribution in [0, 0.1) is 11.7 Å². The van der Waals surface area contributed by atoms with Crippen LogP contribution in [0.25, 0.3) is 0 Å².